The summed E-state index contributed by atoms with van der Waals surface area (Å²) in [6.45, 7) is 2.33. The van der Waals surface area contributed by atoms with E-state index in [9.17, 15) is 14.4 Å². The Morgan fingerprint density at radius 3 is 2.82 bits per heavy atom. The van der Waals surface area contributed by atoms with Gasteiger partial charge >= 0.3 is 0 Å². The van der Waals surface area contributed by atoms with Crippen molar-refractivity contribution in [1.29, 1.82) is 0 Å². The molecule has 3 rings (SSSR count). The number of amides is 2. The summed E-state index contributed by atoms with van der Waals surface area (Å²) in [6.07, 6.45) is 5.09. The highest BCUT2D eigenvalue weighted by molar-refractivity contribution is 6.02. The normalized spacial score (nSPS) is 16.9. The number of aromatic nitrogens is 2. The number of rotatable bonds is 6. The van der Waals surface area contributed by atoms with Crippen molar-refractivity contribution in [3.63, 3.8) is 0 Å². The van der Waals surface area contributed by atoms with E-state index in [0.29, 0.717) is 18.0 Å². The molecule has 0 aliphatic carbocycles. The lowest BCUT2D eigenvalue weighted by Crippen LogP contribution is -2.58. The van der Waals surface area contributed by atoms with Gasteiger partial charge in [0.15, 0.2) is 0 Å². The molecule has 1 aliphatic rings. The van der Waals surface area contributed by atoms with E-state index in [1.807, 2.05) is 18.2 Å². The smallest absolute Gasteiger partial charge is 0.263 e. The average molecular weight is 384 g/mol. The number of carbonyl (C=O) groups is 2. The van der Waals surface area contributed by atoms with E-state index in [2.05, 4.69) is 16.9 Å². The molecule has 1 aromatic carbocycles. The number of nitrogens with zero attached hydrogens (tertiary/aromatic N) is 3. The first-order chi connectivity index (χ1) is 13.6. The molecular weight excluding hydrogens is 360 g/mol. The molecule has 0 unspecified atom stereocenters. The number of anilines is 1. The molecule has 8 heteroatoms. The number of carbonyl (C=O) groups excluding carboxylic acids is 2. The number of piperazine rings is 1. The highest BCUT2D eigenvalue weighted by Crippen LogP contribution is 2.31. The minimum Gasteiger partial charge on any atom is -0.495 e. The van der Waals surface area contributed by atoms with E-state index in [0.717, 1.165) is 19.3 Å². The minimum atomic E-state index is -0.506. The molecule has 2 amide bonds. The average Bonchev–Trinajstić information content (AvgIpc) is 2.72. The Balaban J connectivity index is 1.91. The van der Waals surface area contributed by atoms with Gasteiger partial charge in [-0.05, 0) is 18.6 Å². The van der Waals surface area contributed by atoms with Crippen molar-refractivity contribution in [3.05, 3.63) is 52.7 Å². The molecule has 148 valence electrons. The maximum absolute atomic E-state index is 13.0. The summed E-state index contributed by atoms with van der Waals surface area (Å²) < 4.78 is 5.39. The number of para-hydroxylation sites is 2. The Bertz CT molecular complexity index is 911. The van der Waals surface area contributed by atoms with E-state index < -0.39 is 11.5 Å². The van der Waals surface area contributed by atoms with Crippen LogP contribution in [-0.4, -0.2) is 52.9 Å². The molecule has 1 atom stereocenters. The van der Waals surface area contributed by atoms with Crippen molar-refractivity contribution in [2.75, 3.05) is 25.1 Å². The molecule has 8 nitrogen and oxygen atoms in total. The van der Waals surface area contributed by atoms with E-state index in [1.165, 1.54) is 17.4 Å². The second kappa shape index (κ2) is 8.69. The van der Waals surface area contributed by atoms with Crippen LogP contribution in [0.25, 0.3) is 0 Å². The molecular formula is C20H24N4O4. The monoisotopic (exact) mass is 384 g/mol. The number of benzene rings is 1. The van der Waals surface area contributed by atoms with Crippen LogP contribution in [0.2, 0.25) is 0 Å². The molecule has 1 aliphatic heterocycles. The quantitative estimate of drug-likeness (QED) is 0.820. The first kappa shape index (κ1) is 19.6. The molecule has 0 radical (unpaired) electrons. The SMILES string of the molecule is CCCC[C@@H]1CN(c2ccccc2OC)C(=O)CN1C(=O)c1cnc[nH]c1=O. The van der Waals surface area contributed by atoms with Gasteiger partial charge in [-0.3, -0.25) is 14.4 Å². The topological polar surface area (TPSA) is 95.6 Å². The summed E-state index contributed by atoms with van der Waals surface area (Å²) >= 11 is 0. The molecule has 2 aromatic rings. The van der Waals surface area contributed by atoms with E-state index in [1.54, 1.807) is 18.1 Å². The van der Waals surface area contributed by atoms with Crippen molar-refractivity contribution in [2.24, 2.45) is 0 Å². The second-order valence-electron chi connectivity index (χ2n) is 6.70. The van der Waals surface area contributed by atoms with Gasteiger partial charge in [0.2, 0.25) is 5.91 Å². The lowest BCUT2D eigenvalue weighted by molar-refractivity contribution is -0.121. The third kappa shape index (κ3) is 3.90. The molecule has 0 bridgehead atoms. The van der Waals surface area contributed by atoms with Gasteiger partial charge in [-0.25, -0.2) is 4.98 Å². The number of unbranched alkanes of at least 4 members (excludes halogenated alkanes) is 1. The van der Waals surface area contributed by atoms with Gasteiger partial charge in [0.1, 0.15) is 17.9 Å². The Labute approximate surface area is 163 Å². The fraction of sp³-hybridized carbons (Fsp3) is 0.400. The fourth-order valence-corrected chi connectivity index (χ4v) is 3.43. The Morgan fingerprint density at radius 1 is 1.32 bits per heavy atom. The lowest BCUT2D eigenvalue weighted by Gasteiger charge is -2.41. The minimum absolute atomic E-state index is 0.0532. The van der Waals surface area contributed by atoms with Gasteiger partial charge in [-0.2, -0.15) is 0 Å². The standard InChI is InChI=1S/C20H24N4O4/c1-3-4-7-14-11-24(16-8-5-6-9-17(16)28-2)18(25)12-23(14)20(27)15-10-21-13-22-19(15)26/h5-6,8-10,13-14H,3-4,7,11-12H2,1-2H3,(H,21,22,26)/t14-/m1/s1. The highest BCUT2D eigenvalue weighted by atomic mass is 16.5. The molecule has 0 saturated carbocycles. The molecule has 1 N–H and O–H groups in total. The summed E-state index contributed by atoms with van der Waals surface area (Å²) in [4.78, 5) is 47.3. The third-order valence-electron chi connectivity index (χ3n) is 4.92. The van der Waals surface area contributed by atoms with Crippen molar-refractivity contribution >= 4 is 17.5 Å². The van der Waals surface area contributed by atoms with Crippen LogP contribution in [0.5, 0.6) is 5.75 Å². The number of H-pyrrole nitrogens is 1. The van der Waals surface area contributed by atoms with Crippen LogP contribution in [-0.2, 0) is 4.79 Å². The summed E-state index contributed by atoms with van der Waals surface area (Å²) in [6, 6.07) is 7.12. The number of hydrogen-bond donors (Lipinski definition) is 1. The van der Waals surface area contributed by atoms with Gasteiger partial charge in [0.25, 0.3) is 11.5 Å². The van der Waals surface area contributed by atoms with Crippen LogP contribution in [0.4, 0.5) is 5.69 Å². The Kier molecular flexibility index (Phi) is 6.08. The number of methoxy groups -OCH3 is 1. The van der Waals surface area contributed by atoms with Crippen LogP contribution >= 0.6 is 0 Å². The zero-order valence-corrected chi connectivity index (χ0v) is 16.1. The first-order valence-electron chi connectivity index (χ1n) is 9.33. The summed E-state index contributed by atoms with van der Waals surface area (Å²) in [7, 11) is 1.56. The van der Waals surface area contributed by atoms with Crippen LogP contribution in [0, 0.1) is 0 Å². The summed E-state index contributed by atoms with van der Waals surface area (Å²) in [5.74, 6) is -0.0806. The van der Waals surface area contributed by atoms with Gasteiger partial charge in [-0.1, -0.05) is 31.9 Å². The van der Waals surface area contributed by atoms with Gasteiger partial charge in [0.05, 0.1) is 25.2 Å². The van der Waals surface area contributed by atoms with Crippen LogP contribution in [0.3, 0.4) is 0 Å². The third-order valence-corrected chi connectivity index (χ3v) is 4.92. The van der Waals surface area contributed by atoms with Gasteiger partial charge in [0, 0.05) is 12.7 Å². The zero-order valence-electron chi connectivity index (χ0n) is 16.1. The van der Waals surface area contributed by atoms with Crippen molar-refractivity contribution in [2.45, 2.75) is 32.2 Å². The van der Waals surface area contributed by atoms with E-state index in [4.69, 9.17) is 4.74 Å². The van der Waals surface area contributed by atoms with Crippen LogP contribution in [0.15, 0.2) is 41.6 Å². The van der Waals surface area contributed by atoms with E-state index in [-0.39, 0.29) is 24.1 Å². The van der Waals surface area contributed by atoms with Crippen molar-refractivity contribution < 1.29 is 14.3 Å². The van der Waals surface area contributed by atoms with E-state index >= 15 is 0 Å². The Hall–Kier alpha value is -3.16. The highest BCUT2D eigenvalue weighted by Gasteiger charge is 2.37. The predicted octanol–water partition coefficient (Wildman–Crippen LogP) is 1.83. The van der Waals surface area contributed by atoms with Crippen molar-refractivity contribution in [1.82, 2.24) is 14.9 Å². The van der Waals surface area contributed by atoms with Gasteiger partial charge in [-0.15, -0.1) is 0 Å². The van der Waals surface area contributed by atoms with Crippen molar-refractivity contribution in [3.8, 4) is 5.75 Å². The molecule has 1 aromatic heterocycles. The maximum Gasteiger partial charge on any atom is 0.263 e. The number of nitrogens with one attached hydrogen (secondary N) is 1. The maximum atomic E-state index is 13.0. The molecule has 1 fully saturated rings. The first-order valence-corrected chi connectivity index (χ1v) is 9.33. The Morgan fingerprint density at radius 2 is 2.11 bits per heavy atom. The summed E-state index contributed by atoms with van der Waals surface area (Å²) in [5.41, 5.74) is 0.124. The number of hydrogen-bond acceptors (Lipinski definition) is 5. The van der Waals surface area contributed by atoms with Crippen LogP contribution in [0.1, 0.15) is 36.5 Å². The zero-order chi connectivity index (χ0) is 20.1. The second-order valence-corrected chi connectivity index (χ2v) is 6.70. The molecule has 28 heavy (non-hydrogen) atoms. The molecule has 0 spiro atoms. The molecule has 2 heterocycles. The summed E-state index contributed by atoms with van der Waals surface area (Å²) in [5, 5.41) is 0. The largest absolute Gasteiger partial charge is 0.495 e. The fourth-order valence-electron chi connectivity index (χ4n) is 3.43. The lowest BCUT2D eigenvalue weighted by atomic mass is 10.0. The molecule has 1 saturated heterocycles. The van der Waals surface area contributed by atoms with Gasteiger partial charge < -0.3 is 19.5 Å². The number of ether oxygens (including phenoxy) is 1. The predicted molar refractivity (Wildman–Crippen MR) is 105 cm³/mol. The number of aromatic amines is 1. The van der Waals surface area contributed by atoms with Crippen LogP contribution < -0.4 is 15.2 Å².